The highest BCUT2D eigenvalue weighted by Crippen LogP contribution is 2.22. The summed E-state index contributed by atoms with van der Waals surface area (Å²) in [5, 5.41) is 0. The number of allylic oxidation sites excluding steroid dienone is 5. The van der Waals surface area contributed by atoms with Gasteiger partial charge in [-0.15, -0.1) is 0 Å². The maximum Gasteiger partial charge on any atom is -0.0282 e. The van der Waals surface area contributed by atoms with Gasteiger partial charge in [0.25, 0.3) is 0 Å². The molecular formula is C17H34. The lowest BCUT2D eigenvalue weighted by molar-refractivity contribution is 0.886. The molecule has 0 nitrogen and oxygen atoms in total. The summed E-state index contributed by atoms with van der Waals surface area (Å²) >= 11 is 0. The van der Waals surface area contributed by atoms with E-state index in [-0.39, 0.29) is 0 Å². The quantitative estimate of drug-likeness (QED) is 0.468. The molecule has 0 aromatic heterocycles. The average Bonchev–Trinajstić information content (AvgIpc) is 2.42. The van der Waals surface area contributed by atoms with E-state index >= 15 is 0 Å². The molecule has 0 amide bonds. The van der Waals surface area contributed by atoms with E-state index < -0.39 is 0 Å². The molecule has 0 unspecified atom stereocenters. The van der Waals surface area contributed by atoms with Crippen molar-refractivity contribution in [1.29, 1.82) is 0 Å². The molecule has 0 aromatic carbocycles. The lowest BCUT2D eigenvalue weighted by Gasteiger charge is -2.11. The summed E-state index contributed by atoms with van der Waals surface area (Å²) in [6, 6.07) is 0. The van der Waals surface area contributed by atoms with Crippen LogP contribution in [0.25, 0.3) is 0 Å². The summed E-state index contributed by atoms with van der Waals surface area (Å²) in [5.74, 6) is 0. The Morgan fingerprint density at radius 1 is 1.06 bits per heavy atom. The summed E-state index contributed by atoms with van der Waals surface area (Å²) in [6.07, 6.45) is 7.70. The molecule has 0 aliphatic heterocycles. The molecular weight excluding hydrogens is 204 g/mol. The van der Waals surface area contributed by atoms with E-state index in [2.05, 4.69) is 40.3 Å². The van der Waals surface area contributed by atoms with Gasteiger partial charge in [-0.2, -0.15) is 0 Å². The smallest absolute Gasteiger partial charge is 0.0282 e. The Hall–Kier alpha value is -0.780. The van der Waals surface area contributed by atoms with Crippen molar-refractivity contribution in [3.63, 3.8) is 0 Å². The zero-order valence-electron chi connectivity index (χ0n) is 13.5. The van der Waals surface area contributed by atoms with Crippen LogP contribution in [0, 0.1) is 0 Å². The van der Waals surface area contributed by atoms with Crippen LogP contribution >= 0.6 is 0 Å². The van der Waals surface area contributed by atoms with Gasteiger partial charge in [0.15, 0.2) is 0 Å². The highest BCUT2D eigenvalue weighted by atomic mass is 14.1. The third kappa shape index (κ3) is 10.1. The normalized spacial score (nSPS) is 11.4. The lowest BCUT2D eigenvalue weighted by atomic mass is 9.95. The highest BCUT2D eigenvalue weighted by molar-refractivity contribution is 5.38. The Labute approximate surface area is 111 Å². The monoisotopic (exact) mass is 238 g/mol. The van der Waals surface area contributed by atoms with Crippen molar-refractivity contribution < 1.29 is 0 Å². The van der Waals surface area contributed by atoms with Gasteiger partial charge in [0, 0.05) is 0 Å². The Morgan fingerprint density at radius 3 is 1.76 bits per heavy atom. The minimum Gasteiger partial charge on any atom is -0.0988 e. The minimum atomic E-state index is 1.11. The predicted octanol–water partition coefficient (Wildman–Crippen LogP) is 6.70. The van der Waals surface area contributed by atoms with Crippen LogP contribution in [0.3, 0.4) is 0 Å². The molecule has 0 fully saturated rings. The van der Waals surface area contributed by atoms with Gasteiger partial charge in [-0.25, -0.2) is 0 Å². The van der Waals surface area contributed by atoms with Crippen LogP contribution in [-0.4, -0.2) is 0 Å². The molecule has 0 spiro atoms. The minimum absolute atomic E-state index is 1.11. The molecule has 0 heterocycles. The van der Waals surface area contributed by atoms with Crippen LogP contribution in [0.5, 0.6) is 0 Å². The molecule has 0 aliphatic carbocycles. The van der Waals surface area contributed by atoms with Crippen molar-refractivity contribution in [2.24, 2.45) is 0 Å². The molecule has 17 heavy (non-hydrogen) atoms. The molecule has 0 saturated heterocycles. The first-order chi connectivity index (χ1) is 8.21. The van der Waals surface area contributed by atoms with Crippen molar-refractivity contribution in [2.75, 3.05) is 0 Å². The maximum atomic E-state index is 3.82. The standard InChI is InChI=1S/C13H22.2C2H6/c1-6-10-12(8-3)13(9-4)11(5)7-2;2*1-2/h7-8H,2,6,9-10H2,1,3-5H3;2*1-2H3/b12-8-,13-11-;;. The van der Waals surface area contributed by atoms with E-state index in [1.165, 1.54) is 29.6 Å². The van der Waals surface area contributed by atoms with Crippen molar-refractivity contribution >= 4 is 0 Å². The summed E-state index contributed by atoms with van der Waals surface area (Å²) in [5.41, 5.74) is 4.28. The van der Waals surface area contributed by atoms with Crippen LogP contribution in [0.15, 0.2) is 35.5 Å². The van der Waals surface area contributed by atoms with Crippen LogP contribution in [0.2, 0.25) is 0 Å². The van der Waals surface area contributed by atoms with Crippen LogP contribution in [0.1, 0.15) is 74.7 Å². The third-order valence-electron chi connectivity index (χ3n) is 2.39. The zero-order chi connectivity index (χ0) is 14.3. The Bertz CT molecular complexity index is 216. The van der Waals surface area contributed by atoms with E-state index in [4.69, 9.17) is 0 Å². The molecule has 0 bridgehead atoms. The maximum absolute atomic E-state index is 3.82. The molecule has 102 valence electrons. The summed E-state index contributed by atoms with van der Waals surface area (Å²) < 4.78 is 0. The second-order valence-electron chi connectivity index (χ2n) is 3.28. The van der Waals surface area contributed by atoms with Crippen molar-refractivity contribution in [1.82, 2.24) is 0 Å². The zero-order valence-corrected chi connectivity index (χ0v) is 13.5. The predicted molar refractivity (Wildman–Crippen MR) is 84.5 cm³/mol. The van der Waals surface area contributed by atoms with Crippen molar-refractivity contribution in [3.8, 4) is 0 Å². The van der Waals surface area contributed by atoms with Gasteiger partial charge in [-0.3, -0.25) is 0 Å². The third-order valence-corrected chi connectivity index (χ3v) is 2.39. The molecule has 0 aliphatic rings. The first-order valence-electron chi connectivity index (χ1n) is 7.18. The first-order valence-corrected chi connectivity index (χ1v) is 7.18. The van der Waals surface area contributed by atoms with E-state index in [0.29, 0.717) is 0 Å². The number of hydrogen-bond acceptors (Lipinski definition) is 0. The van der Waals surface area contributed by atoms with E-state index in [9.17, 15) is 0 Å². The number of rotatable bonds is 5. The largest absolute Gasteiger partial charge is 0.0988 e. The molecule has 0 rings (SSSR count). The molecule has 0 N–H and O–H groups in total. The Kier molecular flexibility index (Phi) is 22.3. The number of hydrogen-bond donors (Lipinski definition) is 0. The van der Waals surface area contributed by atoms with E-state index in [1.807, 2.05) is 33.8 Å². The second-order valence-corrected chi connectivity index (χ2v) is 3.28. The van der Waals surface area contributed by atoms with Gasteiger partial charge >= 0.3 is 0 Å². The molecule has 0 atom stereocenters. The molecule has 0 saturated carbocycles. The van der Waals surface area contributed by atoms with Gasteiger partial charge in [0.05, 0.1) is 0 Å². The summed E-state index contributed by atoms with van der Waals surface area (Å²) in [4.78, 5) is 0. The fourth-order valence-electron chi connectivity index (χ4n) is 1.62. The van der Waals surface area contributed by atoms with Crippen LogP contribution < -0.4 is 0 Å². The van der Waals surface area contributed by atoms with Gasteiger partial charge in [-0.05, 0) is 43.4 Å². The van der Waals surface area contributed by atoms with Gasteiger partial charge in [-0.1, -0.05) is 66.7 Å². The topological polar surface area (TPSA) is 0 Å². The van der Waals surface area contributed by atoms with Crippen LogP contribution in [-0.2, 0) is 0 Å². The van der Waals surface area contributed by atoms with Crippen LogP contribution in [0.4, 0.5) is 0 Å². The van der Waals surface area contributed by atoms with Gasteiger partial charge in [0.1, 0.15) is 0 Å². The fourth-order valence-corrected chi connectivity index (χ4v) is 1.62. The first kappa shape index (κ1) is 21.5. The average molecular weight is 238 g/mol. The molecule has 0 aromatic rings. The van der Waals surface area contributed by atoms with Crippen molar-refractivity contribution in [3.05, 3.63) is 35.5 Å². The van der Waals surface area contributed by atoms with E-state index in [1.54, 1.807) is 0 Å². The van der Waals surface area contributed by atoms with Gasteiger partial charge in [0.2, 0.25) is 0 Å². The SMILES string of the molecule is C=C/C(C)=C(CC)\C(=C/C)CCC.CC.CC. The fraction of sp³-hybridized carbons (Fsp3) is 0.647. The molecule has 0 heteroatoms. The van der Waals surface area contributed by atoms with Gasteiger partial charge < -0.3 is 0 Å². The Morgan fingerprint density at radius 2 is 1.53 bits per heavy atom. The lowest BCUT2D eigenvalue weighted by Crippen LogP contribution is -1.91. The highest BCUT2D eigenvalue weighted by Gasteiger charge is 2.03. The second kappa shape index (κ2) is 17.6. The van der Waals surface area contributed by atoms with Crippen molar-refractivity contribution in [2.45, 2.75) is 74.7 Å². The summed E-state index contributed by atoms with van der Waals surface area (Å²) in [6.45, 7) is 20.5. The molecule has 0 radical (unpaired) electrons. The summed E-state index contributed by atoms with van der Waals surface area (Å²) in [7, 11) is 0. The Balaban J connectivity index is -0.000000439. The van der Waals surface area contributed by atoms with E-state index in [0.717, 1.165) is 6.42 Å².